The lowest BCUT2D eigenvalue weighted by molar-refractivity contribution is 0.0697. The topological polar surface area (TPSA) is 53.4 Å². The molecule has 0 radical (unpaired) electrons. The van der Waals surface area contributed by atoms with E-state index in [0.717, 1.165) is 6.42 Å². The molecule has 2 heterocycles. The van der Waals surface area contributed by atoms with E-state index in [4.69, 9.17) is 5.11 Å². The van der Waals surface area contributed by atoms with Crippen LogP contribution in [0.2, 0.25) is 0 Å². The summed E-state index contributed by atoms with van der Waals surface area (Å²) in [5, 5.41) is 9.01. The number of carbonyl (C=O) groups is 1. The molecule has 2 rings (SSSR count). The summed E-state index contributed by atoms with van der Waals surface area (Å²) in [6.07, 6.45) is 2.32. The van der Waals surface area contributed by atoms with Crippen molar-refractivity contribution < 1.29 is 14.3 Å². The van der Waals surface area contributed by atoms with Gasteiger partial charge in [0.25, 0.3) is 0 Å². The third-order valence-corrected chi connectivity index (χ3v) is 2.82. The summed E-state index contributed by atoms with van der Waals surface area (Å²) < 4.78 is 12.5. The molecule has 1 aliphatic rings. The molecule has 1 aliphatic heterocycles. The van der Waals surface area contributed by atoms with E-state index >= 15 is 0 Å². The number of aromatic carboxylic acids is 1. The van der Waals surface area contributed by atoms with Crippen molar-refractivity contribution in [3.8, 4) is 0 Å². The Hall–Kier alpha value is -1.65. The Labute approximate surface area is 92.7 Å². The predicted molar refractivity (Wildman–Crippen MR) is 57.5 cm³/mol. The van der Waals surface area contributed by atoms with Crippen LogP contribution in [0.1, 0.15) is 16.8 Å². The van der Waals surface area contributed by atoms with Gasteiger partial charge in [-0.1, -0.05) is 0 Å². The second-order valence-electron chi connectivity index (χ2n) is 3.93. The molecule has 0 saturated carbocycles. The summed E-state index contributed by atoms with van der Waals surface area (Å²) in [4.78, 5) is 16.9. The molecule has 1 fully saturated rings. The largest absolute Gasteiger partial charge is 0.478 e. The van der Waals surface area contributed by atoms with Crippen molar-refractivity contribution in [3.05, 3.63) is 23.9 Å². The Morgan fingerprint density at radius 3 is 3.12 bits per heavy atom. The monoisotopic (exact) mass is 224 g/mol. The van der Waals surface area contributed by atoms with Crippen LogP contribution in [0.4, 0.5) is 10.2 Å². The minimum absolute atomic E-state index is 0.00338. The average molecular weight is 224 g/mol. The van der Waals surface area contributed by atoms with Crippen molar-refractivity contribution in [1.29, 1.82) is 0 Å². The van der Waals surface area contributed by atoms with Gasteiger partial charge in [-0.25, -0.2) is 9.78 Å². The summed E-state index contributed by atoms with van der Waals surface area (Å²) in [5.74, 6) is -0.540. The molecule has 4 nitrogen and oxygen atoms in total. The summed E-state index contributed by atoms with van der Waals surface area (Å²) in [6.45, 7) is 0.866. The number of anilines is 1. The number of carboxylic acids is 1. The van der Waals surface area contributed by atoms with Gasteiger partial charge in [0.15, 0.2) is 0 Å². The van der Waals surface area contributed by atoms with Crippen molar-refractivity contribution in [2.24, 2.45) is 5.92 Å². The lowest BCUT2D eigenvalue weighted by Crippen LogP contribution is -2.23. The fourth-order valence-corrected chi connectivity index (χ4v) is 1.97. The Bertz CT molecular complexity index is 397. The van der Waals surface area contributed by atoms with E-state index in [0.29, 0.717) is 18.9 Å². The standard InChI is InChI=1S/C11H13FN2O2/c12-6-8-3-5-14(7-8)10-9(11(15)16)2-1-4-13-10/h1-2,4,8H,3,5-7H2,(H,15,16)/t8-/m0/s1. The molecule has 0 spiro atoms. The number of alkyl halides is 1. The molecule has 1 atom stereocenters. The van der Waals surface area contributed by atoms with E-state index < -0.39 is 5.97 Å². The first kappa shape index (κ1) is 10.9. The Morgan fingerprint density at radius 1 is 1.69 bits per heavy atom. The zero-order valence-electron chi connectivity index (χ0n) is 8.77. The Morgan fingerprint density at radius 2 is 2.50 bits per heavy atom. The van der Waals surface area contributed by atoms with Gasteiger partial charge in [0.2, 0.25) is 0 Å². The van der Waals surface area contributed by atoms with E-state index in [1.807, 2.05) is 4.90 Å². The molecule has 5 heteroatoms. The third kappa shape index (κ3) is 1.98. The van der Waals surface area contributed by atoms with Crippen LogP contribution in [0.3, 0.4) is 0 Å². The molecule has 0 unspecified atom stereocenters. The highest BCUT2D eigenvalue weighted by Crippen LogP contribution is 2.25. The molecule has 1 N–H and O–H groups in total. The van der Waals surface area contributed by atoms with Crippen molar-refractivity contribution in [1.82, 2.24) is 4.98 Å². The highest BCUT2D eigenvalue weighted by molar-refractivity contribution is 5.93. The van der Waals surface area contributed by atoms with Crippen LogP contribution in [0.15, 0.2) is 18.3 Å². The van der Waals surface area contributed by atoms with E-state index in [1.165, 1.54) is 6.07 Å². The number of carboxylic acid groups (broad SMARTS) is 1. The summed E-state index contributed by atoms with van der Waals surface area (Å²) >= 11 is 0. The maximum Gasteiger partial charge on any atom is 0.339 e. The lowest BCUT2D eigenvalue weighted by atomic mass is 10.1. The number of halogens is 1. The van der Waals surface area contributed by atoms with Crippen molar-refractivity contribution >= 4 is 11.8 Å². The molecular formula is C11H13FN2O2. The molecule has 1 aromatic rings. The molecule has 0 amide bonds. The number of pyridine rings is 1. The fraction of sp³-hybridized carbons (Fsp3) is 0.455. The van der Waals surface area contributed by atoms with Gasteiger partial charge in [-0.2, -0.15) is 0 Å². The zero-order valence-corrected chi connectivity index (χ0v) is 8.77. The number of hydrogen-bond acceptors (Lipinski definition) is 3. The van der Waals surface area contributed by atoms with E-state index in [9.17, 15) is 9.18 Å². The number of nitrogens with zero attached hydrogens (tertiary/aromatic N) is 2. The fourth-order valence-electron chi connectivity index (χ4n) is 1.97. The highest BCUT2D eigenvalue weighted by Gasteiger charge is 2.26. The summed E-state index contributed by atoms with van der Waals surface area (Å²) in [6, 6.07) is 3.11. The van der Waals surface area contributed by atoms with Crippen LogP contribution < -0.4 is 4.90 Å². The smallest absolute Gasteiger partial charge is 0.339 e. The first-order chi connectivity index (χ1) is 7.72. The van der Waals surface area contributed by atoms with Crippen LogP contribution in [0.25, 0.3) is 0 Å². The van der Waals surface area contributed by atoms with Crippen molar-refractivity contribution in [2.75, 3.05) is 24.7 Å². The average Bonchev–Trinajstić information content (AvgIpc) is 2.77. The van der Waals surface area contributed by atoms with Gasteiger partial charge >= 0.3 is 5.97 Å². The van der Waals surface area contributed by atoms with Gasteiger partial charge in [0.05, 0.1) is 6.67 Å². The van der Waals surface area contributed by atoms with E-state index in [-0.39, 0.29) is 18.2 Å². The summed E-state index contributed by atoms with van der Waals surface area (Å²) in [7, 11) is 0. The number of hydrogen-bond donors (Lipinski definition) is 1. The van der Waals surface area contributed by atoms with Gasteiger partial charge in [0, 0.05) is 25.2 Å². The van der Waals surface area contributed by atoms with Gasteiger partial charge in [0.1, 0.15) is 11.4 Å². The van der Waals surface area contributed by atoms with Crippen molar-refractivity contribution in [3.63, 3.8) is 0 Å². The molecule has 0 bridgehead atoms. The van der Waals surface area contributed by atoms with E-state index in [2.05, 4.69) is 4.98 Å². The Balaban J connectivity index is 2.24. The summed E-state index contributed by atoms with van der Waals surface area (Å²) in [5.41, 5.74) is 0.182. The minimum Gasteiger partial charge on any atom is -0.478 e. The number of rotatable bonds is 3. The van der Waals surface area contributed by atoms with Gasteiger partial charge in [-0.15, -0.1) is 0 Å². The van der Waals surface area contributed by atoms with Crippen LogP contribution in [0, 0.1) is 5.92 Å². The number of aromatic nitrogens is 1. The molecule has 86 valence electrons. The molecule has 0 aromatic carbocycles. The zero-order chi connectivity index (χ0) is 11.5. The minimum atomic E-state index is -0.994. The second-order valence-corrected chi connectivity index (χ2v) is 3.93. The van der Waals surface area contributed by atoms with Crippen molar-refractivity contribution in [2.45, 2.75) is 6.42 Å². The highest BCUT2D eigenvalue weighted by atomic mass is 19.1. The molecular weight excluding hydrogens is 211 g/mol. The molecule has 1 aromatic heterocycles. The maximum absolute atomic E-state index is 12.5. The normalized spacial score (nSPS) is 20.1. The molecule has 1 saturated heterocycles. The Kier molecular flexibility index (Phi) is 3.03. The lowest BCUT2D eigenvalue weighted by Gasteiger charge is -2.18. The first-order valence-corrected chi connectivity index (χ1v) is 5.21. The third-order valence-electron chi connectivity index (χ3n) is 2.82. The van der Waals surface area contributed by atoms with Crippen LogP contribution in [-0.2, 0) is 0 Å². The maximum atomic E-state index is 12.5. The quantitative estimate of drug-likeness (QED) is 0.846. The van der Waals surface area contributed by atoms with Crippen LogP contribution in [-0.4, -0.2) is 35.8 Å². The van der Waals surface area contributed by atoms with Gasteiger partial charge < -0.3 is 10.0 Å². The second kappa shape index (κ2) is 4.47. The van der Waals surface area contributed by atoms with Gasteiger partial charge in [-0.3, -0.25) is 4.39 Å². The van der Waals surface area contributed by atoms with E-state index in [1.54, 1.807) is 12.3 Å². The van der Waals surface area contributed by atoms with Gasteiger partial charge in [-0.05, 0) is 18.6 Å². The van der Waals surface area contributed by atoms with Crippen LogP contribution in [0.5, 0.6) is 0 Å². The molecule has 16 heavy (non-hydrogen) atoms. The first-order valence-electron chi connectivity index (χ1n) is 5.21. The van der Waals surface area contributed by atoms with Crippen LogP contribution >= 0.6 is 0 Å². The predicted octanol–water partition coefficient (Wildman–Crippen LogP) is 1.58. The molecule has 0 aliphatic carbocycles. The SMILES string of the molecule is O=C(O)c1cccnc1N1CC[C@@H](CF)C1.